The van der Waals surface area contributed by atoms with Crippen molar-refractivity contribution in [3.8, 4) is 5.75 Å². The van der Waals surface area contributed by atoms with Crippen LogP contribution in [0.1, 0.15) is 141 Å². The van der Waals surface area contributed by atoms with Crippen LogP contribution in [0.3, 0.4) is 0 Å². The third-order valence-corrected chi connectivity index (χ3v) is 8.78. The number of hydrogen-bond acceptors (Lipinski definition) is 1. The molecule has 2 aliphatic carbocycles. The molecule has 1 nitrogen and oxygen atoms in total. The van der Waals surface area contributed by atoms with E-state index in [-0.39, 0.29) is 0 Å². The quantitative estimate of drug-likeness (QED) is 0.184. The highest BCUT2D eigenvalue weighted by atomic mass is 16.5. The van der Waals surface area contributed by atoms with Crippen molar-refractivity contribution in [1.82, 2.24) is 0 Å². The molecule has 0 saturated heterocycles. The van der Waals surface area contributed by atoms with Crippen LogP contribution in [0.5, 0.6) is 5.75 Å². The summed E-state index contributed by atoms with van der Waals surface area (Å²) >= 11 is 0. The maximum atomic E-state index is 6.03. The summed E-state index contributed by atoms with van der Waals surface area (Å²) in [4.78, 5) is 0. The Morgan fingerprint density at radius 1 is 0.676 bits per heavy atom. The van der Waals surface area contributed by atoms with Crippen LogP contribution in [-0.4, -0.2) is 6.61 Å². The molecule has 192 valence electrons. The molecule has 2 saturated carbocycles. The molecule has 1 aromatic carbocycles. The van der Waals surface area contributed by atoms with Gasteiger partial charge in [0.2, 0.25) is 0 Å². The van der Waals surface area contributed by atoms with E-state index in [2.05, 4.69) is 50.3 Å². The monoisotopic (exact) mass is 466 g/mol. The lowest BCUT2D eigenvalue weighted by Gasteiger charge is -2.29. The highest BCUT2D eigenvalue weighted by molar-refractivity contribution is 5.30. The van der Waals surface area contributed by atoms with Gasteiger partial charge in [-0.3, -0.25) is 0 Å². The second kappa shape index (κ2) is 16.4. The number of ether oxygens (including phenoxy) is 1. The summed E-state index contributed by atoms with van der Waals surface area (Å²) in [5.74, 6) is 4.55. The average Bonchev–Trinajstić information content (AvgIpc) is 2.88. The Morgan fingerprint density at radius 3 is 1.88 bits per heavy atom. The van der Waals surface area contributed by atoms with E-state index in [0.717, 1.165) is 29.4 Å². The van der Waals surface area contributed by atoms with Crippen molar-refractivity contribution in [1.29, 1.82) is 0 Å². The van der Waals surface area contributed by atoms with E-state index in [1.807, 2.05) is 0 Å². The molecule has 0 bridgehead atoms. The summed E-state index contributed by atoms with van der Waals surface area (Å²) in [5, 5.41) is 0. The molecule has 0 aliphatic heterocycles. The highest BCUT2D eigenvalue weighted by Gasteiger charge is 2.22. The summed E-state index contributed by atoms with van der Waals surface area (Å²) in [6.07, 6.45) is 30.2. The molecule has 0 radical (unpaired) electrons. The molecule has 34 heavy (non-hydrogen) atoms. The lowest BCUT2D eigenvalue weighted by Crippen LogP contribution is -2.13. The fraction of sp³-hybridized carbons (Fsp3) is 0.758. The first-order valence-corrected chi connectivity index (χ1v) is 15.2. The van der Waals surface area contributed by atoms with Crippen molar-refractivity contribution in [2.45, 2.75) is 135 Å². The Morgan fingerprint density at radius 2 is 1.24 bits per heavy atom. The summed E-state index contributed by atoms with van der Waals surface area (Å²) in [7, 11) is 0. The van der Waals surface area contributed by atoms with Gasteiger partial charge in [-0.2, -0.15) is 0 Å². The Bertz CT molecular complexity index is 644. The van der Waals surface area contributed by atoms with E-state index in [4.69, 9.17) is 4.74 Å². The zero-order chi connectivity index (χ0) is 23.8. The van der Waals surface area contributed by atoms with Crippen molar-refractivity contribution in [3.05, 3.63) is 42.0 Å². The number of hydrogen-bond donors (Lipinski definition) is 0. The van der Waals surface area contributed by atoms with Crippen LogP contribution in [0.4, 0.5) is 0 Å². The summed E-state index contributed by atoms with van der Waals surface area (Å²) < 4.78 is 6.03. The zero-order valence-electron chi connectivity index (χ0n) is 22.6. The first-order valence-electron chi connectivity index (χ1n) is 15.2. The molecule has 3 rings (SSSR count). The van der Waals surface area contributed by atoms with Gasteiger partial charge < -0.3 is 4.74 Å². The Hall–Kier alpha value is -1.24. The molecule has 0 spiro atoms. The lowest BCUT2D eigenvalue weighted by atomic mass is 9.77. The van der Waals surface area contributed by atoms with Crippen LogP contribution in [0, 0.1) is 17.8 Å². The smallest absolute Gasteiger partial charge is 0.119 e. The minimum atomic E-state index is 0.708. The molecule has 2 aliphatic rings. The fourth-order valence-electron chi connectivity index (χ4n) is 6.40. The third kappa shape index (κ3) is 10.2. The van der Waals surface area contributed by atoms with E-state index in [0.29, 0.717) is 6.61 Å². The van der Waals surface area contributed by atoms with Gasteiger partial charge in [0.05, 0.1) is 0 Å². The molecule has 0 unspecified atom stereocenters. The van der Waals surface area contributed by atoms with Crippen molar-refractivity contribution in [2.75, 3.05) is 6.61 Å². The number of rotatable bonds is 15. The Kier molecular flexibility index (Phi) is 13.2. The normalized spacial score (nSPS) is 25.6. The van der Waals surface area contributed by atoms with Crippen LogP contribution >= 0.6 is 0 Å². The second-order valence-electron chi connectivity index (χ2n) is 11.5. The fourth-order valence-corrected chi connectivity index (χ4v) is 6.40. The van der Waals surface area contributed by atoms with Gasteiger partial charge in [-0.25, -0.2) is 0 Å². The SMILES string of the molecule is CCCCCCCC1CCC(C=CCOc2ccc(C3CCC(CCCCC)CC3)cc2)CC1. The molecule has 0 heterocycles. The van der Waals surface area contributed by atoms with E-state index >= 15 is 0 Å². The van der Waals surface area contributed by atoms with Gasteiger partial charge in [0.1, 0.15) is 12.4 Å². The number of allylic oxidation sites excluding steroid dienone is 1. The van der Waals surface area contributed by atoms with Crippen molar-refractivity contribution in [2.24, 2.45) is 17.8 Å². The first-order chi connectivity index (χ1) is 16.8. The second-order valence-corrected chi connectivity index (χ2v) is 11.5. The number of benzene rings is 1. The van der Waals surface area contributed by atoms with Crippen LogP contribution in [-0.2, 0) is 0 Å². The average molecular weight is 467 g/mol. The van der Waals surface area contributed by atoms with E-state index in [1.54, 1.807) is 0 Å². The minimum absolute atomic E-state index is 0.708. The maximum Gasteiger partial charge on any atom is 0.119 e. The Labute approximate surface area is 212 Å². The molecule has 0 atom stereocenters. The first kappa shape index (κ1) is 27.3. The van der Waals surface area contributed by atoms with E-state index in [9.17, 15) is 0 Å². The highest BCUT2D eigenvalue weighted by Crippen LogP contribution is 2.38. The maximum absolute atomic E-state index is 6.03. The van der Waals surface area contributed by atoms with Gasteiger partial charge in [-0.1, -0.05) is 102 Å². The van der Waals surface area contributed by atoms with Gasteiger partial charge in [0.25, 0.3) is 0 Å². The van der Waals surface area contributed by atoms with Gasteiger partial charge in [-0.05, 0) is 92.7 Å². The van der Waals surface area contributed by atoms with Crippen molar-refractivity contribution < 1.29 is 4.74 Å². The Balaban J connectivity index is 1.27. The predicted octanol–water partition coefficient (Wildman–Crippen LogP) is 10.6. The molecular weight excluding hydrogens is 412 g/mol. The third-order valence-electron chi connectivity index (χ3n) is 8.78. The van der Waals surface area contributed by atoms with Gasteiger partial charge in [0.15, 0.2) is 0 Å². The van der Waals surface area contributed by atoms with Gasteiger partial charge >= 0.3 is 0 Å². The summed E-state index contributed by atoms with van der Waals surface area (Å²) in [6, 6.07) is 9.04. The van der Waals surface area contributed by atoms with E-state index in [1.165, 1.54) is 121 Å². The van der Waals surface area contributed by atoms with Gasteiger partial charge in [0, 0.05) is 0 Å². The molecule has 1 aromatic rings. The topological polar surface area (TPSA) is 9.23 Å². The molecule has 0 N–H and O–H groups in total. The summed E-state index contributed by atoms with van der Waals surface area (Å²) in [6.45, 7) is 5.32. The minimum Gasteiger partial charge on any atom is -0.490 e. The standard InChI is InChI=1S/C33H54O/c1-3-5-7-8-10-13-28-15-17-30(18-16-28)14-11-27-34-33-25-23-32(24-26-33)31-21-19-29(20-22-31)12-9-6-4-2/h11,14,23-26,28-31H,3-10,12-13,15-22,27H2,1-2H3. The molecular formula is C33H54O. The predicted molar refractivity (Wildman–Crippen MR) is 149 cm³/mol. The van der Waals surface area contributed by atoms with Crippen molar-refractivity contribution >= 4 is 0 Å². The summed E-state index contributed by atoms with van der Waals surface area (Å²) in [5.41, 5.74) is 1.53. The van der Waals surface area contributed by atoms with Gasteiger partial charge in [-0.15, -0.1) is 0 Å². The molecule has 0 amide bonds. The van der Waals surface area contributed by atoms with Crippen molar-refractivity contribution in [3.63, 3.8) is 0 Å². The largest absolute Gasteiger partial charge is 0.490 e. The number of unbranched alkanes of at least 4 members (excludes halogenated alkanes) is 6. The van der Waals surface area contributed by atoms with Crippen LogP contribution in [0.25, 0.3) is 0 Å². The van der Waals surface area contributed by atoms with Crippen LogP contribution < -0.4 is 4.74 Å². The molecule has 1 heteroatoms. The lowest BCUT2D eigenvalue weighted by molar-refractivity contribution is 0.287. The molecule has 2 fully saturated rings. The zero-order valence-corrected chi connectivity index (χ0v) is 22.6. The van der Waals surface area contributed by atoms with E-state index < -0.39 is 0 Å². The van der Waals surface area contributed by atoms with Crippen LogP contribution in [0.15, 0.2) is 36.4 Å². The molecule has 0 aromatic heterocycles. The van der Waals surface area contributed by atoms with Crippen LogP contribution in [0.2, 0.25) is 0 Å².